The van der Waals surface area contributed by atoms with E-state index in [1.165, 1.54) is 0 Å². The number of carbonyl (C=O) groups is 1. The SMILES string of the molecule is CCC1=C(N)NCCN1C(=O)C(C)(CC)NCc1ccc(C#N)cc1. The van der Waals surface area contributed by atoms with Gasteiger partial charge in [0.1, 0.15) is 5.82 Å². The molecule has 0 spiro atoms. The summed E-state index contributed by atoms with van der Waals surface area (Å²) in [7, 11) is 0. The van der Waals surface area contributed by atoms with Crippen LogP contribution in [0.3, 0.4) is 0 Å². The van der Waals surface area contributed by atoms with Gasteiger partial charge in [-0.2, -0.15) is 5.26 Å². The van der Waals surface area contributed by atoms with E-state index >= 15 is 0 Å². The highest BCUT2D eigenvalue weighted by molar-refractivity contribution is 5.87. The second-order valence-electron chi connectivity index (χ2n) is 6.45. The Morgan fingerprint density at radius 3 is 2.64 bits per heavy atom. The van der Waals surface area contributed by atoms with Crippen LogP contribution in [0.15, 0.2) is 35.8 Å². The fraction of sp³-hybridized carbons (Fsp3) is 0.474. The molecular formula is C19H27N5O. The molecule has 0 aliphatic carbocycles. The average Bonchev–Trinajstić information content (AvgIpc) is 2.65. The molecule has 1 amide bonds. The Kier molecular flexibility index (Phi) is 6.05. The Labute approximate surface area is 149 Å². The van der Waals surface area contributed by atoms with Gasteiger partial charge in [0.2, 0.25) is 5.91 Å². The highest BCUT2D eigenvalue weighted by Gasteiger charge is 2.37. The smallest absolute Gasteiger partial charge is 0.246 e. The first kappa shape index (κ1) is 18.8. The van der Waals surface area contributed by atoms with Gasteiger partial charge in [0.15, 0.2) is 0 Å². The zero-order valence-corrected chi connectivity index (χ0v) is 15.2. The monoisotopic (exact) mass is 341 g/mol. The molecule has 0 aromatic heterocycles. The highest BCUT2D eigenvalue weighted by atomic mass is 16.2. The molecule has 6 heteroatoms. The summed E-state index contributed by atoms with van der Waals surface area (Å²) in [5.41, 5.74) is 7.88. The molecule has 134 valence electrons. The number of nitrogens with zero attached hydrogens (tertiary/aromatic N) is 2. The third-order valence-corrected chi connectivity index (χ3v) is 4.81. The lowest BCUT2D eigenvalue weighted by molar-refractivity contribution is -0.136. The lowest BCUT2D eigenvalue weighted by atomic mass is 9.95. The second kappa shape index (κ2) is 8.04. The van der Waals surface area contributed by atoms with Crippen LogP contribution < -0.4 is 16.4 Å². The lowest BCUT2D eigenvalue weighted by Crippen LogP contribution is -2.57. The van der Waals surface area contributed by atoms with E-state index in [0.29, 0.717) is 43.9 Å². The summed E-state index contributed by atoms with van der Waals surface area (Å²) in [6.07, 6.45) is 1.38. The quantitative estimate of drug-likeness (QED) is 0.733. The summed E-state index contributed by atoms with van der Waals surface area (Å²) < 4.78 is 0. The number of benzene rings is 1. The topological polar surface area (TPSA) is 94.2 Å². The average molecular weight is 341 g/mol. The maximum absolute atomic E-state index is 13.2. The lowest BCUT2D eigenvalue weighted by Gasteiger charge is -2.38. The zero-order valence-electron chi connectivity index (χ0n) is 15.2. The molecule has 0 radical (unpaired) electrons. The summed E-state index contributed by atoms with van der Waals surface area (Å²) in [6, 6.07) is 9.51. The molecule has 1 aliphatic heterocycles. The Balaban J connectivity index is 2.13. The first-order valence-electron chi connectivity index (χ1n) is 8.73. The van der Waals surface area contributed by atoms with Crippen molar-refractivity contribution in [1.82, 2.24) is 15.5 Å². The number of hydrogen-bond donors (Lipinski definition) is 3. The minimum atomic E-state index is -0.675. The number of allylic oxidation sites excluding steroid dienone is 1. The summed E-state index contributed by atoms with van der Waals surface area (Å²) in [4.78, 5) is 15.0. The summed E-state index contributed by atoms with van der Waals surface area (Å²) in [6.45, 7) is 7.79. The molecule has 0 bridgehead atoms. The Morgan fingerprint density at radius 1 is 1.40 bits per heavy atom. The molecule has 4 N–H and O–H groups in total. The fourth-order valence-electron chi connectivity index (χ4n) is 2.93. The van der Waals surface area contributed by atoms with E-state index in [1.54, 1.807) is 17.0 Å². The van der Waals surface area contributed by atoms with Crippen LogP contribution in [-0.4, -0.2) is 29.4 Å². The molecule has 25 heavy (non-hydrogen) atoms. The number of nitriles is 1. The third-order valence-electron chi connectivity index (χ3n) is 4.81. The molecule has 1 aliphatic rings. The first-order chi connectivity index (χ1) is 11.9. The largest absolute Gasteiger partial charge is 0.384 e. The maximum Gasteiger partial charge on any atom is 0.246 e. The fourth-order valence-corrected chi connectivity index (χ4v) is 2.93. The number of carbonyl (C=O) groups excluding carboxylic acids is 1. The van der Waals surface area contributed by atoms with Crippen molar-refractivity contribution in [2.24, 2.45) is 5.73 Å². The third kappa shape index (κ3) is 4.12. The van der Waals surface area contributed by atoms with Crippen molar-refractivity contribution < 1.29 is 4.79 Å². The second-order valence-corrected chi connectivity index (χ2v) is 6.45. The van der Waals surface area contributed by atoms with E-state index < -0.39 is 5.54 Å². The van der Waals surface area contributed by atoms with Gasteiger partial charge in [0, 0.05) is 19.6 Å². The van der Waals surface area contributed by atoms with Crippen molar-refractivity contribution in [2.75, 3.05) is 13.1 Å². The van der Waals surface area contributed by atoms with Crippen LogP contribution in [0.2, 0.25) is 0 Å². The molecule has 6 nitrogen and oxygen atoms in total. The summed E-state index contributed by atoms with van der Waals surface area (Å²) in [5.74, 6) is 0.637. The number of hydrogen-bond acceptors (Lipinski definition) is 5. The molecule has 1 aromatic carbocycles. The molecule has 1 heterocycles. The van der Waals surface area contributed by atoms with E-state index in [9.17, 15) is 4.79 Å². The number of rotatable bonds is 6. The normalized spacial score (nSPS) is 16.8. The first-order valence-corrected chi connectivity index (χ1v) is 8.73. The van der Waals surface area contributed by atoms with Gasteiger partial charge in [-0.3, -0.25) is 10.1 Å². The van der Waals surface area contributed by atoms with Crippen LogP contribution in [0.25, 0.3) is 0 Å². The molecule has 1 aromatic rings. The van der Waals surface area contributed by atoms with Crippen molar-refractivity contribution >= 4 is 5.91 Å². The molecule has 2 rings (SSSR count). The predicted molar refractivity (Wildman–Crippen MR) is 97.9 cm³/mol. The van der Waals surface area contributed by atoms with Crippen molar-refractivity contribution in [3.63, 3.8) is 0 Å². The van der Waals surface area contributed by atoms with Crippen molar-refractivity contribution in [1.29, 1.82) is 5.26 Å². The molecule has 0 fully saturated rings. The zero-order chi connectivity index (χ0) is 18.4. The van der Waals surface area contributed by atoms with Gasteiger partial charge < -0.3 is 16.0 Å². The maximum atomic E-state index is 13.2. The van der Waals surface area contributed by atoms with E-state index in [2.05, 4.69) is 16.7 Å². The Bertz CT molecular complexity index is 689. The minimum Gasteiger partial charge on any atom is -0.384 e. The summed E-state index contributed by atoms with van der Waals surface area (Å²) >= 11 is 0. The van der Waals surface area contributed by atoms with Gasteiger partial charge in [-0.15, -0.1) is 0 Å². The number of nitrogens with one attached hydrogen (secondary N) is 2. The van der Waals surface area contributed by atoms with Crippen LogP contribution in [0, 0.1) is 11.3 Å². The van der Waals surface area contributed by atoms with Crippen molar-refractivity contribution in [2.45, 2.75) is 45.7 Å². The van der Waals surface area contributed by atoms with E-state index in [0.717, 1.165) is 11.3 Å². The van der Waals surface area contributed by atoms with Gasteiger partial charge in [-0.1, -0.05) is 26.0 Å². The number of nitrogens with two attached hydrogens (primary N) is 1. The van der Waals surface area contributed by atoms with Gasteiger partial charge in [0.25, 0.3) is 0 Å². The van der Waals surface area contributed by atoms with Crippen LogP contribution in [0.1, 0.15) is 44.7 Å². The van der Waals surface area contributed by atoms with Gasteiger partial charge in [-0.05, 0) is 37.5 Å². The highest BCUT2D eigenvalue weighted by Crippen LogP contribution is 2.22. The molecule has 1 unspecified atom stereocenters. The predicted octanol–water partition coefficient (Wildman–Crippen LogP) is 1.79. The van der Waals surface area contributed by atoms with E-state index in [4.69, 9.17) is 11.0 Å². The van der Waals surface area contributed by atoms with Crippen molar-refractivity contribution in [3.05, 3.63) is 46.9 Å². The summed E-state index contributed by atoms with van der Waals surface area (Å²) in [5, 5.41) is 15.4. The van der Waals surface area contributed by atoms with Gasteiger partial charge in [0.05, 0.1) is 22.9 Å². The van der Waals surface area contributed by atoms with E-state index in [1.807, 2.05) is 32.9 Å². The van der Waals surface area contributed by atoms with Crippen LogP contribution in [0.4, 0.5) is 0 Å². The molecule has 0 saturated heterocycles. The van der Waals surface area contributed by atoms with Crippen LogP contribution >= 0.6 is 0 Å². The Morgan fingerprint density at radius 2 is 2.08 bits per heavy atom. The standard InChI is InChI=1S/C19H27N5O/c1-4-16-17(21)22-10-11-24(16)18(25)19(3,5-2)23-13-15-8-6-14(12-20)7-9-15/h6-9,22-23H,4-5,10-11,13,21H2,1-3H3. The number of amides is 1. The van der Waals surface area contributed by atoms with Gasteiger partial charge >= 0.3 is 0 Å². The minimum absolute atomic E-state index is 0.0462. The molecule has 1 atom stereocenters. The van der Waals surface area contributed by atoms with Crippen LogP contribution in [-0.2, 0) is 11.3 Å². The van der Waals surface area contributed by atoms with Crippen LogP contribution in [0.5, 0.6) is 0 Å². The Hall–Kier alpha value is -2.52. The van der Waals surface area contributed by atoms with Gasteiger partial charge in [-0.25, -0.2) is 0 Å². The van der Waals surface area contributed by atoms with E-state index in [-0.39, 0.29) is 5.91 Å². The molecular weight excluding hydrogens is 314 g/mol. The molecule has 0 saturated carbocycles. The van der Waals surface area contributed by atoms with Crippen molar-refractivity contribution in [3.8, 4) is 6.07 Å².